The average Bonchev–Trinajstić information content (AvgIpc) is 2.70. The van der Waals surface area contributed by atoms with Gasteiger partial charge in [0, 0.05) is 0 Å². The maximum atomic E-state index is 9.60. The van der Waals surface area contributed by atoms with Crippen molar-refractivity contribution in [3.63, 3.8) is 0 Å². The van der Waals surface area contributed by atoms with Crippen LogP contribution < -0.4 is 0 Å². The van der Waals surface area contributed by atoms with E-state index < -0.39 is 0 Å². The van der Waals surface area contributed by atoms with Gasteiger partial charge in [-0.25, -0.2) is 0 Å². The fourth-order valence-electron chi connectivity index (χ4n) is 2.16. The van der Waals surface area contributed by atoms with Gasteiger partial charge >= 0.3 is 0 Å². The number of nitrogens with zero attached hydrogens (tertiary/aromatic N) is 2. The lowest BCUT2D eigenvalue weighted by atomic mass is 10.2. The first kappa shape index (κ1) is 8.60. The van der Waals surface area contributed by atoms with Crippen LogP contribution in [0.4, 0.5) is 0 Å². The second-order valence-corrected chi connectivity index (χ2v) is 3.90. The maximum Gasteiger partial charge on any atom is 0.159 e. The first-order valence-electron chi connectivity index (χ1n) is 4.95. The fourth-order valence-corrected chi connectivity index (χ4v) is 2.16. The van der Waals surface area contributed by atoms with Crippen LogP contribution in [-0.4, -0.2) is 14.9 Å². The molecule has 1 heterocycles. The Morgan fingerprint density at radius 3 is 2.38 bits per heavy atom. The summed E-state index contributed by atoms with van der Waals surface area (Å²) >= 11 is 0. The third-order valence-electron chi connectivity index (χ3n) is 2.96. The minimum absolute atomic E-state index is 0.368. The molecule has 1 aromatic rings. The molecule has 0 aliphatic heterocycles. The van der Waals surface area contributed by atoms with Crippen molar-refractivity contribution in [1.29, 1.82) is 0 Å². The van der Waals surface area contributed by atoms with Gasteiger partial charge in [0.1, 0.15) is 5.69 Å². The standard InChI is InChI=1S/C10H16N2O/c1-7-10(13)8(2)12(11-7)9-5-3-4-6-9/h9,13H,3-6H2,1-2H3. The molecule has 1 aliphatic rings. The van der Waals surface area contributed by atoms with Gasteiger partial charge < -0.3 is 5.11 Å². The summed E-state index contributed by atoms with van der Waals surface area (Å²) in [5.41, 5.74) is 1.67. The van der Waals surface area contributed by atoms with E-state index in [-0.39, 0.29) is 0 Å². The first-order chi connectivity index (χ1) is 6.20. The van der Waals surface area contributed by atoms with Gasteiger partial charge in [0.25, 0.3) is 0 Å². The van der Waals surface area contributed by atoms with Gasteiger partial charge in [-0.2, -0.15) is 5.10 Å². The van der Waals surface area contributed by atoms with Gasteiger partial charge in [-0.15, -0.1) is 0 Å². The van der Waals surface area contributed by atoms with E-state index in [1.165, 1.54) is 25.7 Å². The Bertz CT molecular complexity index is 311. The summed E-state index contributed by atoms with van der Waals surface area (Å²) < 4.78 is 2.00. The van der Waals surface area contributed by atoms with Crippen molar-refractivity contribution in [3.8, 4) is 5.75 Å². The third-order valence-corrected chi connectivity index (χ3v) is 2.96. The van der Waals surface area contributed by atoms with Gasteiger partial charge in [0.05, 0.1) is 11.7 Å². The quantitative estimate of drug-likeness (QED) is 0.720. The molecule has 1 aromatic heterocycles. The van der Waals surface area contributed by atoms with Gasteiger partial charge in [-0.05, 0) is 26.7 Å². The van der Waals surface area contributed by atoms with E-state index in [1.54, 1.807) is 0 Å². The SMILES string of the molecule is Cc1nn(C2CCCC2)c(C)c1O. The first-order valence-corrected chi connectivity index (χ1v) is 4.95. The normalized spacial score (nSPS) is 18.3. The maximum absolute atomic E-state index is 9.60. The molecule has 0 amide bonds. The Morgan fingerprint density at radius 1 is 1.31 bits per heavy atom. The molecule has 0 aromatic carbocycles. The Labute approximate surface area is 78.4 Å². The van der Waals surface area contributed by atoms with Crippen LogP contribution in [0.3, 0.4) is 0 Å². The van der Waals surface area contributed by atoms with Crippen LogP contribution in [-0.2, 0) is 0 Å². The monoisotopic (exact) mass is 180 g/mol. The highest BCUT2D eigenvalue weighted by molar-refractivity contribution is 5.30. The molecule has 0 bridgehead atoms. The van der Waals surface area contributed by atoms with Crippen molar-refractivity contribution < 1.29 is 5.11 Å². The zero-order chi connectivity index (χ0) is 9.42. The van der Waals surface area contributed by atoms with Gasteiger partial charge in [-0.1, -0.05) is 12.8 Å². The Balaban J connectivity index is 2.34. The molecule has 1 N–H and O–H groups in total. The van der Waals surface area contributed by atoms with Crippen molar-refractivity contribution in [2.45, 2.75) is 45.6 Å². The van der Waals surface area contributed by atoms with Crippen LogP contribution in [0.2, 0.25) is 0 Å². The Kier molecular flexibility index (Phi) is 2.02. The van der Waals surface area contributed by atoms with Crippen LogP contribution in [0.15, 0.2) is 0 Å². The molecule has 3 nitrogen and oxygen atoms in total. The molecule has 3 heteroatoms. The minimum atomic E-state index is 0.368. The van der Waals surface area contributed by atoms with Crippen molar-refractivity contribution >= 4 is 0 Å². The predicted octanol–water partition coefficient (Wildman–Crippen LogP) is 2.32. The van der Waals surface area contributed by atoms with Crippen molar-refractivity contribution in [2.24, 2.45) is 0 Å². The molecule has 72 valence electrons. The van der Waals surface area contributed by atoms with E-state index in [0.717, 1.165) is 11.4 Å². The van der Waals surface area contributed by atoms with Crippen molar-refractivity contribution in [2.75, 3.05) is 0 Å². The van der Waals surface area contributed by atoms with Crippen LogP contribution in [0.25, 0.3) is 0 Å². The fraction of sp³-hybridized carbons (Fsp3) is 0.700. The number of aromatic nitrogens is 2. The van der Waals surface area contributed by atoms with E-state index in [1.807, 2.05) is 18.5 Å². The number of rotatable bonds is 1. The average molecular weight is 180 g/mol. The molecule has 0 radical (unpaired) electrons. The summed E-state index contributed by atoms with van der Waals surface area (Å²) in [6.07, 6.45) is 5.01. The lowest BCUT2D eigenvalue weighted by Crippen LogP contribution is -2.08. The van der Waals surface area contributed by atoms with Crippen molar-refractivity contribution in [3.05, 3.63) is 11.4 Å². The number of aryl methyl sites for hydroxylation is 1. The summed E-state index contributed by atoms with van der Waals surface area (Å²) in [5.74, 6) is 0.368. The van der Waals surface area contributed by atoms with Crippen LogP contribution in [0, 0.1) is 13.8 Å². The zero-order valence-electron chi connectivity index (χ0n) is 8.25. The van der Waals surface area contributed by atoms with E-state index >= 15 is 0 Å². The summed E-state index contributed by atoms with van der Waals surface area (Å²) in [7, 11) is 0. The molecule has 1 fully saturated rings. The van der Waals surface area contributed by atoms with Crippen LogP contribution >= 0.6 is 0 Å². The van der Waals surface area contributed by atoms with Gasteiger partial charge in [0.2, 0.25) is 0 Å². The van der Waals surface area contributed by atoms with Gasteiger partial charge in [0.15, 0.2) is 5.75 Å². The van der Waals surface area contributed by atoms with E-state index in [4.69, 9.17) is 0 Å². The second-order valence-electron chi connectivity index (χ2n) is 3.90. The van der Waals surface area contributed by atoms with Crippen LogP contribution in [0.5, 0.6) is 5.75 Å². The molecule has 0 unspecified atom stereocenters. The topological polar surface area (TPSA) is 38.0 Å². The highest BCUT2D eigenvalue weighted by Gasteiger charge is 2.21. The largest absolute Gasteiger partial charge is 0.504 e. The summed E-state index contributed by atoms with van der Waals surface area (Å²) in [4.78, 5) is 0. The Hall–Kier alpha value is -0.990. The lowest BCUT2D eigenvalue weighted by Gasteiger charge is -2.11. The molecular formula is C10H16N2O. The third kappa shape index (κ3) is 1.32. The number of aromatic hydroxyl groups is 1. The molecule has 13 heavy (non-hydrogen) atoms. The molecular weight excluding hydrogens is 164 g/mol. The molecule has 0 spiro atoms. The Morgan fingerprint density at radius 2 is 1.92 bits per heavy atom. The summed E-state index contributed by atoms with van der Waals surface area (Å²) in [6, 6.07) is 0.527. The van der Waals surface area contributed by atoms with Gasteiger partial charge in [-0.3, -0.25) is 4.68 Å². The van der Waals surface area contributed by atoms with E-state index in [9.17, 15) is 5.11 Å². The summed E-state index contributed by atoms with van der Waals surface area (Å²) in [5, 5.41) is 14.0. The molecule has 1 aliphatic carbocycles. The minimum Gasteiger partial charge on any atom is -0.504 e. The predicted molar refractivity (Wildman–Crippen MR) is 50.9 cm³/mol. The molecule has 0 atom stereocenters. The second kappa shape index (κ2) is 3.05. The molecule has 0 saturated heterocycles. The number of hydrogen-bond acceptors (Lipinski definition) is 2. The lowest BCUT2D eigenvalue weighted by molar-refractivity contribution is 0.439. The molecule has 1 saturated carbocycles. The van der Waals surface area contributed by atoms with E-state index in [0.29, 0.717) is 11.8 Å². The number of hydrogen-bond donors (Lipinski definition) is 1. The highest BCUT2D eigenvalue weighted by Crippen LogP contribution is 2.32. The van der Waals surface area contributed by atoms with Crippen molar-refractivity contribution in [1.82, 2.24) is 9.78 Å². The molecule has 2 rings (SSSR count). The van der Waals surface area contributed by atoms with E-state index in [2.05, 4.69) is 5.10 Å². The zero-order valence-corrected chi connectivity index (χ0v) is 8.25. The van der Waals surface area contributed by atoms with Crippen LogP contribution in [0.1, 0.15) is 43.1 Å². The smallest absolute Gasteiger partial charge is 0.159 e. The summed E-state index contributed by atoms with van der Waals surface area (Å²) in [6.45, 7) is 3.79. The highest BCUT2D eigenvalue weighted by atomic mass is 16.3.